The Balaban J connectivity index is 1.56. The van der Waals surface area contributed by atoms with Crippen molar-refractivity contribution in [1.29, 1.82) is 5.26 Å². The van der Waals surface area contributed by atoms with E-state index in [2.05, 4.69) is 15.6 Å². The van der Waals surface area contributed by atoms with Crippen LogP contribution in [0.4, 0.5) is 32.6 Å². The number of aromatic nitrogens is 1. The van der Waals surface area contributed by atoms with Gasteiger partial charge in [-0.1, -0.05) is 31.9 Å². The van der Waals surface area contributed by atoms with Crippen molar-refractivity contribution in [3.63, 3.8) is 0 Å². The zero-order valence-electron chi connectivity index (χ0n) is 24.5. The number of ether oxygens (including phenoxy) is 1. The molecule has 4 amide bonds. The average Bonchev–Trinajstić information content (AvgIpc) is 3.40. The number of amides is 4. The van der Waals surface area contributed by atoms with Gasteiger partial charge >= 0.3 is 18.1 Å². The number of anilines is 1. The second-order valence-corrected chi connectivity index (χ2v) is 11.4. The second kappa shape index (κ2) is 13.8. The number of carbonyl (C=O) groups is 3. The molecule has 1 saturated heterocycles. The van der Waals surface area contributed by atoms with Gasteiger partial charge in [0.05, 0.1) is 30.8 Å². The lowest BCUT2D eigenvalue weighted by Crippen LogP contribution is -2.53. The highest BCUT2D eigenvalue weighted by Gasteiger charge is 2.49. The van der Waals surface area contributed by atoms with E-state index in [1.54, 1.807) is 6.07 Å². The van der Waals surface area contributed by atoms with Crippen LogP contribution >= 0.6 is 0 Å². The number of nitrogens with zero attached hydrogens (tertiary/aromatic N) is 3. The summed E-state index contributed by atoms with van der Waals surface area (Å²) in [6, 6.07) is 3.65. The van der Waals surface area contributed by atoms with Crippen LogP contribution in [-0.2, 0) is 20.2 Å². The minimum Gasteiger partial charge on any atom is -0.382 e. The normalized spacial score (nSPS) is 21.8. The highest BCUT2D eigenvalue weighted by molar-refractivity contribution is 5.98. The number of nitriles is 1. The first kappa shape index (κ1) is 33.6. The van der Waals surface area contributed by atoms with Gasteiger partial charge in [-0.15, -0.1) is 0 Å². The van der Waals surface area contributed by atoms with E-state index in [-0.39, 0.29) is 18.0 Å². The quantitative estimate of drug-likeness (QED) is 0.325. The van der Waals surface area contributed by atoms with E-state index in [0.29, 0.717) is 37.2 Å². The van der Waals surface area contributed by atoms with Gasteiger partial charge in [0, 0.05) is 18.9 Å². The molecule has 15 heteroatoms. The molecule has 2 aliphatic rings. The van der Waals surface area contributed by atoms with E-state index in [0.717, 1.165) is 17.0 Å². The predicted octanol–water partition coefficient (Wildman–Crippen LogP) is 4.64. The Morgan fingerprint density at radius 3 is 2.49 bits per heavy atom. The lowest BCUT2D eigenvalue weighted by Gasteiger charge is -2.33. The number of benzene rings is 1. The molecule has 2 heterocycles. The summed E-state index contributed by atoms with van der Waals surface area (Å²) in [4.78, 5) is 44.0. The summed E-state index contributed by atoms with van der Waals surface area (Å²) >= 11 is 0. The first-order valence-corrected chi connectivity index (χ1v) is 14.3. The molecule has 10 nitrogen and oxygen atoms in total. The van der Waals surface area contributed by atoms with Crippen molar-refractivity contribution in [1.82, 2.24) is 20.5 Å². The Kier molecular flexibility index (Phi) is 10.3. The highest BCUT2D eigenvalue weighted by Crippen LogP contribution is 2.34. The largest absolute Gasteiger partial charge is 0.410 e. The van der Waals surface area contributed by atoms with E-state index in [1.165, 1.54) is 37.6 Å². The number of alkyl halides is 5. The first-order valence-electron chi connectivity index (χ1n) is 14.3. The molecule has 2 fully saturated rings. The number of hydrogen-bond donors (Lipinski definition) is 3. The Hall–Kier alpha value is -4.32. The van der Waals surface area contributed by atoms with Gasteiger partial charge in [-0.25, -0.2) is 9.78 Å². The standard InChI is InChI=1S/C30H33F5N6O4/c1-17-6-8-19(9-7-17)25(40-27(43)29(31,32)21-5-3-4-18(12-21)14-36)26(42)39-24-13-20(10-11-37-24)22(16-45-2)41-15-23(30(33,34)35)38-28(41)44/h3-5,10-13,17,19,22-23,25H,6-9,15-16H2,1-2H3,(H,38,44)(H,40,43)(H,37,39,42)/t17?,19?,22-,23+,25?/m1/s1. The molecule has 1 aromatic carbocycles. The number of halogens is 5. The lowest BCUT2D eigenvalue weighted by molar-refractivity contribution is -0.150. The number of methoxy groups -OCH3 is 1. The van der Waals surface area contributed by atoms with Crippen molar-refractivity contribution in [2.75, 3.05) is 25.6 Å². The monoisotopic (exact) mass is 636 g/mol. The van der Waals surface area contributed by atoms with Crippen molar-refractivity contribution in [3.05, 3.63) is 59.3 Å². The molecule has 1 unspecified atom stereocenters. The van der Waals surface area contributed by atoms with Gasteiger partial charge in [-0.2, -0.15) is 27.2 Å². The van der Waals surface area contributed by atoms with E-state index in [9.17, 15) is 27.6 Å². The third-order valence-corrected chi connectivity index (χ3v) is 8.19. The summed E-state index contributed by atoms with van der Waals surface area (Å²) in [6.07, 6.45) is -0.978. The maximum Gasteiger partial charge on any atom is 0.410 e. The van der Waals surface area contributed by atoms with Crippen LogP contribution in [0.1, 0.15) is 55.3 Å². The molecule has 0 radical (unpaired) electrons. The van der Waals surface area contributed by atoms with Crippen LogP contribution < -0.4 is 16.0 Å². The highest BCUT2D eigenvalue weighted by atomic mass is 19.4. The number of urea groups is 1. The lowest BCUT2D eigenvalue weighted by atomic mass is 9.79. The molecule has 2 aromatic rings. The van der Waals surface area contributed by atoms with Gasteiger partial charge in [-0.3, -0.25) is 9.59 Å². The van der Waals surface area contributed by atoms with Crippen molar-refractivity contribution < 1.29 is 41.1 Å². The molecule has 0 bridgehead atoms. The van der Waals surface area contributed by atoms with Crippen molar-refractivity contribution in [2.45, 2.75) is 62.8 Å². The van der Waals surface area contributed by atoms with E-state index in [1.807, 2.05) is 12.2 Å². The van der Waals surface area contributed by atoms with E-state index < -0.39 is 66.1 Å². The molecule has 1 aliphatic carbocycles. The number of rotatable bonds is 10. The molecule has 1 aliphatic heterocycles. The van der Waals surface area contributed by atoms with Crippen molar-refractivity contribution in [3.8, 4) is 6.07 Å². The predicted molar refractivity (Wildman–Crippen MR) is 151 cm³/mol. The zero-order chi connectivity index (χ0) is 32.9. The molecule has 4 rings (SSSR count). The van der Waals surface area contributed by atoms with Crippen LogP contribution in [0.3, 0.4) is 0 Å². The molecule has 1 aromatic heterocycles. The van der Waals surface area contributed by atoms with E-state index >= 15 is 8.78 Å². The summed E-state index contributed by atoms with van der Waals surface area (Å²) in [7, 11) is 1.32. The van der Waals surface area contributed by atoms with Crippen molar-refractivity contribution in [2.24, 2.45) is 11.8 Å². The molecule has 3 N–H and O–H groups in total. The van der Waals surface area contributed by atoms with Gasteiger partial charge in [0.15, 0.2) is 0 Å². The molecule has 0 spiro atoms. The van der Waals surface area contributed by atoms with Crippen LogP contribution in [0.2, 0.25) is 0 Å². The third kappa shape index (κ3) is 7.86. The zero-order valence-corrected chi connectivity index (χ0v) is 24.5. The summed E-state index contributed by atoms with van der Waals surface area (Å²) in [5.74, 6) is -6.76. The Bertz CT molecular complexity index is 1440. The van der Waals surface area contributed by atoms with Crippen LogP contribution in [0.5, 0.6) is 0 Å². The fourth-order valence-corrected chi connectivity index (χ4v) is 5.63. The fourth-order valence-electron chi connectivity index (χ4n) is 5.63. The minimum absolute atomic E-state index is 0.0615. The first-order chi connectivity index (χ1) is 21.2. The fraction of sp³-hybridized carbons (Fsp3) is 0.500. The Morgan fingerprint density at radius 2 is 1.87 bits per heavy atom. The number of carbonyl (C=O) groups excluding carboxylic acids is 3. The number of pyridine rings is 1. The minimum atomic E-state index is -4.66. The van der Waals surface area contributed by atoms with Gasteiger partial charge < -0.3 is 25.6 Å². The Labute approximate surface area is 256 Å². The van der Waals surface area contributed by atoms with Crippen LogP contribution in [-0.4, -0.2) is 66.3 Å². The average molecular weight is 637 g/mol. The van der Waals surface area contributed by atoms with Crippen LogP contribution in [0.25, 0.3) is 0 Å². The molecular weight excluding hydrogens is 603 g/mol. The van der Waals surface area contributed by atoms with Gasteiger partial charge in [0.2, 0.25) is 5.91 Å². The molecule has 3 atom stereocenters. The second-order valence-electron chi connectivity index (χ2n) is 11.4. The third-order valence-electron chi connectivity index (χ3n) is 8.19. The smallest absolute Gasteiger partial charge is 0.382 e. The maximum atomic E-state index is 15.3. The summed E-state index contributed by atoms with van der Waals surface area (Å²) < 4.78 is 75.6. The Morgan fingerprint density at radius 1 is 1.16 bits per heavy atom. The van der Waals surface area contributed by atoms with Gasteiger partial charge in [-0.05, 0) is 54.5 Å². The summed E-state index contributed by atoms with van der Waals surface area (Å²) in [5.41, 5.74) is -0.461. The number of nitrogens with one attached hydrogen (secondary N) is 3. The molecular formula is C30H33F5N6O4. The number of hydrogen-bond acceptors (Lipinski definition) is 6. The van der Waals surface area contributed by atoms with E-state index in [4.69, 9.17) is 10.00 Å². The molecule has 1 saturated carbocycles. The van der Waals surface area contributed by atoms with Crippen molar-refractivity contribution >= 4 is 23.7 Å². The molecule has 242 valence electrons. The maximum absolute atomic E-state index is 15.3. The SMILES string of the molecule is COC[C@H](c1ccnc(NC(=O)C(NC(=O)C(F)(F)c2cccc(C#N)c2)C2CCC(C)CC2)c1)N1C[C@@H](C(F)(F)F)NC1=O. The van der Waals surface area contributed by atoms with Gasteiger partial charge in [0.25, 0.3) is 5.91 Å². The van der Waals surface area contributed by atoms with Crippen LogP contribution in [0, 0.1) is 23.2 Å². The van der Waals surface area contributed by atoms with Gasteiger partial charge in [0.1, 0.15) is 17.9 Å². The summed E-state index contributed by atoms with van der Waals surface area (Å²) in [5, 5.41) is 15.8. The summed E-state index contributed by atoms with van der Waals surface area (Å²) in [6.45, 7) is 1.19. The van der Waals surface area contributed by atoms with Crippen LogP contribution in [0.15, 0.2) is 42.6 Å². The topological polar surface area (TPSA) is 136 Å². The molecule has 45 heavy (non-hydrogen) atoms.